The number of nitrogens with zero attached hydrogens (tertiary/aromatic N) is 2. The zero-order valence-corrected chi connectivity index (χ0v) is 17.1. The molecule has 146 valence electrons. The molecule has 1 N–H and O–H groups in total. The lowest BCUT2D eigenvalue weighted by Gasteiger charge is -2.25. The number of sulfonamides is 1. The number of anilines is 1. The first kappa shape index (κ1) is 20.0. The molecule has 1 aromatic heterocycles. The third-order valence-corrected chi connectivity index (χ3v) is 7.28. The number of likely N-dealkylation sites (N-methyl/N-ethyl adjacent to an activating group) is 1. The Kier molecular flexibility index (Phi) is 6.64. The Balaban J connectivity index is 1.56. The predicted octanol–water partition coefficient (Wildman–Crippen LogP) is 2.99. The number of hydrogen-bond donors (Lipinski definition) is 1. The quantitative estimate of drug-likeness (QED) is 0.766. The van der Waals surface area contributed by atoms with E-state index in [2.05, 4.69) is 5.32 Å². The second kappa shape index (κ2) is 8.97. The molecule has 27 heavy (non-hydrogen) atoms. The molecule has 1 aromatic carbocycles. The van der Waals surface area contributed by atoms with Crippen LogP contribution in [0.15, 0.2) is 46.7 Å². The van der Waals surface area contributed by atoms with Crippen molar-refractivity contribution < 1.29 is 13.2 Å². The zero-order valence-electron chi connectivity index (χ0n) is 15.4. The second-order valence-electron chi connectivity index (χ2n) is 6.79. The monoisotopic (exact) mass is 407 g/mol. The molecule has 1 amide bonds. The van der Waals surface area contributed by atoms with Crippen LogP contribution in [0.3, 0.4) is 0 Å². The van der Waals surface area contributed by atoms with Gasteiger partial charge in [-0.3, -0.25) is 9.69 Å². The first-order valence-corrected chi connectivity index (χ1v) is 11.4. The van der Waals surface area contributed by atoms with Crippen LogP contribution < -0.4 is 5.32 Å². The molecule has 8 heteroatoms. The molecule has 0 aliphatic carbocycles. The lowest BCUT2D eigenvalue weighted by molar-refractivity contribution is -0.117. The average molecular weight is 408 g/mol. The smallest absolute Gasteiger partial charge is 0.243 e. The fraction of sp³-hybridized carbons (Fsp3) is 0.421. The van der Waals surface area contributed by atoms with E-state index >= 15 is 0 Å². The van der Waals surface area contributed by atoms with E-state index in [0.717, 1.165) is 25.8 Å². The summed E-state index contributed by atoms with van der Waals surface area (Å²) >= 11 is 1.66. The second-order valence-corrected chi connectivity index (χ2v) is 9.76. The Morgan fingerprint density at radius 3 is 2.48 bits per heavy atom. The molecule has 1 aliphatic rings. The Morgan fingerprint density at radius 2 is 1.85 bits per heavy atom. The van der Waals surface area contributed by atoms with Gasteiger partial charge in [0.05, 0.1) is 11.4 Å². The molecule has 0 unspecified atom stereocenters. The highest BCUT2D eigenvalue weighted by molar-refractivity contribution is 7.89. The first-order chi connectivity index (χ1) is 12.9. The maximum Gasteiger partial charge on any atom is 0.243 e. The van der Waals surface area contributed by atoms with Gasteiger partial charge in [-0.2, -0.15) is 4.31 Å². The van der Waals surface area contributed by atoms with E-state index in [1.54, 1.807) is 39.9 Å². The Bertz CT molecular complexity index is 843. The number of amides is 1. The highest BCUT2D eigenvalue weighted by atomic mass is 32.2. The number of benzene rings is 1. The normalized spacial score (nSPS) is 15.8. The molecule has 0 radical (unpaired) electrons. The largest absolute Gasteiger partial charge is 0.325 e. The minimum Gasteiger partial charge on any atom is -0.325 e. The van der Waals surface area contributed by atoms with Gasteiger partial charge in [0.1, 0.15) is 0 Å². The van der Waals surface area contributed by atoms with Gasteiger partial charge in [-0.25, -0.2) is 8.42 Å². The fourth-order valence-electron chi connectivity index (χ4n) is 3.13. The molecule has 2 aromatic rings. The molecule has 6 nitrogen and oxygen atoms in total. The number of nitrogens with one attached hydrogen (secondary N) is 1. The number of carbonyl (C=O) groups excluding carboxylic acids is 1. The van der Waals surface area contributed by atoms with Crippen LogP contribution >= 0.6 is 11.3 Å². The molecule has 1 saturated heterocycles. The fourth-order valence-corrected chi connectivity index (χ4v) is 5.44. The lowest BCUT2D eigenvalue weighted by atomic mass is 10.2. The van der Waals surface area contributed by atoms with Crippen LogP contribution in [-0.2, 0) is 21.4 Å². The van der Waals surface area contributed by atoms with Crippen molar-refractivity contribution >= 4 is 33.0 Å². The van der Waals surface area contributed by atoms with E-state index in [0.29, 0.717) is 18.8 Å². The van der Waals surface area contributed by atoms with Crippen molar-refractivity contribution in [2.45, 2.75) is 30.7 Å². The topological polar surface area (TPSA) is 69.7 Å². The first-order valence-electron chi connectivity index (χ1n) is 9.06. The van der Waals surface area contributed by atoms with Gasteiger partial charge < -0.3 is 5.32 Å². The maximum atomic E-state index is 12.7. The summed E-state index contributed by atoms with van der Waals surface area (Å²) in [6.07, 6.45) is 2.90. The number of hydrogen-bond acceptors (Lipinski definition) is 5. The Hall–Kier alpha value is -1.74. The van der Waals surface area contributed by atoms with Crippen molar-refractivity contribution in [1.82, 2.24) is 9.21 Å². The molecule has 0 saturated carbocycles. The molecule has 2 heterocycles. The molecule has 1 fully saturated rings. The maximum absolute atomic E-state index is 12.7. The summed E-state index contributed by atoms with van der Waals surface area (Å²) in [5.41, 5.74) is 0.599. The van der Waals surface area contributed by atoms with E-state index in [9.17, 15) is 13.2 Å². The summed E-state index contributed by atoms with van der Waals surface area (Å²) < 4.78 is 26.8. The minimum absolute atomic E-state index is 0.124. The van der Waals surface area contributed by atoms with Gasteiger partial charge in [0.15, 0.2) is 0 Å². The molecular weight excluding hydrogens is 382 g/mol. The summed E-state index contributed by atoms with van der Waals surface area (Å²) in [5, 5.41) is 4.84. The molecular formula is C19H25N3O3S2. The van der Waals surface area contributed by atoms with E-state index in [1.807, 2.05) is 29.5 Å². The summed E-state index contributed by atoms with van der Waals surface area (Å²) in [6.45, 7) is 2.15. The highest BCUT2D eigenvalue weighted by Crippen LogP contribution is 2.22. The summed E-state index contributed by atoms with van der Waals surface area (Å²) in [5.74, 6) is -0.124. The van der Waals surface area contributed by atoms with Crippen LogP contribution in [0, 0.1) is 0 Å². The van der Waals surface area contributed by atoms with Crippen LogP contribution in [0.4, 0.5) is 5.69 Å². The van der Waals surface area contributed by atoms with Crippen molar-refractivity contribution in [3.05, 3.63) is 46.7 Å². The minimum atomic E-state index is -3.44. The summed E-state index contributed by atoms with van der Waals surface area (Å²) in [7, 11) is -1.55. The number of rotatable bonds is 7. The molecule has 0 atom stereocenters. The highest BCUT2D eigenvalue weighted by Gasteiger charge is 2.25. The van der Waals surface area contributed by atoms with Crippen LogP contribution in [-0.4, -0.2) is 50.2 Å². The van der Waals surface area contributed by atoms with Crippen LogP contribution in [0.5, 0.6) is 0 Å². The molecule has 1 aliphatic heterocycles. The standard InChI is InChI=1S/C19H25N3O3S2/c1-21(14-17-6-5-13-26-17)15-19(23)20-16-7-9-18(10-8-16)27(24,25)22-11-3-2-4-12-22/h5-10,13H,2-4,11-12,14-15H2,1H3,(H,20,23). The lowest BCUT2D eigenvalue weighted by Crippen LogP contribution is -2.35. The van der Waals surface area contributed by atoms with E-state index in [4.69, 9.17) is 0 Å². The molecule has 0 bridgehead atoms. The van der Waals surface area contributed by atoms with Crippen molar-refractivity contribution in [2.75, 3.05) is 32.0 Å². The third kappa shape index (κ3) is 5.38. The molecule has 3 rings (SSSR count). The Labute approximate surface area is 164 Å². The van der Waals surface area contributed by atoms with Gasteiger partial charge in [0.2, 0.25) is 15.9 Å². The van der Waals surface area contributed by atoms with Gasteiger partial charge in [0.25, 0.3) is 0 Å². The van der Waals surface area contributed by atoms with Gasteiger partial charge in [-0.05, 0) is 55.6 Å². The summed E-state index contributed by atoms with van der Waals surface area (Å²) in [6, 6.07) is 10.5. The summed E-state index contributed by atoms with van der Waals surface area (Å²) in [4.78, 5) is 15.6. The van der Waals surface area contributed by atoms with Crippen LogP contribution in [0.2, 0.25) is 0 Å². The number of thiophene rings is 1. The zero-order chi connectivity index (χ0) is 19.3. The van der Waals surface area contributed by atoms with Gasteiger partial charge in [-0.1, -0.05) is 12.5 Å². The number of carbonyl (C=O) groups is 1. The van der Waals surface area contributed by atoms with E-state index in [1.165, 1.54) is 4.88 Å². The van der Waals surface area contributed by atoms with Crippen molar-refractivity contribution in [3.63, 3.8) is 0 Å². The SMILES string of the molecule is CN(CC(=O)Nc1ccc(S(=O)(=O)N2CCCCC2)cc1)Cc1cccs1. The van der Waals surface area contributed by atoms with Crippen LogP contribution in [0.25, 0.3) is 0 Å². The van der Waals surface area contributed by atoms with Crippen LogP contribution in [0.1, 0.15) is 24.1 Å². The van der Waals surface area contributed by atoms with Gasteiger partial charge in [0, 0.05) is 30.2 Å². The Morgan fingerprint density at radius 1 is 1.15 bits per heavy atom. The van der Waals surface area contributed by atoms with E-state index < -0.39 is 10.0 Å². The molecule has 0 spiro atoms. The van der Waals surface area contributed by atoms with E-state index in [-0.39, 0.29) is 17.3 Å². The van der Waals surface area contributed by atoms with Crippen molar-refractivity contribution in [3.8, 4) is 0 Å². The number of piperidine rings is 1. The van der Waals surface area contributed by atoms with Gasteiger partial charge >= 0.3 is 0 Å². The predicted molar refractivity (Wildman–Crippen MR) is 108 cm³/mol. The third-order valence-electron chi connectivity index (χ3n) is 4.51. The van der Waals surface area contributed by atoms with Crippen molar-refractivity contribution in [1.29, 1.82) is 0 Å². The average Bonchev–Trinajstić information content (AvgIpc) is 3.15. The van der Waals surface area contributed by atoms with Crippen molar-refractivity contribution in [2.24, 2.45) is 0 Å². The van der Waals surface area contributed by atoms with Gasteiger partial charge in [-0.15, -0.1) is 11.3 Å².